The first-order chi connectivity index (χ1) is 13.4. The van der Waals surface area contributed by atoms with E-state index in [2.05, 4.69) is 27.4 Å². The van der Waals surface area contributed by atoms with E-state index < -0.39 is 0 Å². The predicted octanol–water partition coefficient (Wildman–Crippen LogP) is 3.26. The minimum absolute atomic E-state index is 0.0397. The highest BCUT2D eigenvalue weighted by Gasteiger charge is 2.28. The number of hydrogen-bond acceptors (Lipinski definition) is 5. The highest BCUT2D eigenvalue weighted by Crippen LogP contribution is 2.21. The molecule has 0 bridgehead atoms. The zero-order valence-electron chi connectivity index (χ0n) is 17.1. The Hall–Kier alpha value is -2.12. The number of thiophene rings is 1. The number of aromatic nitrogens is 1. The standard InChI is InChI=1S/C21H29N3O3S/c1-14(2)27-21(26)18-15(3)19(22-16(18)4)20(25)24-11-9-23(10-12-24)8-7-17-6-5-13-28-17/h5-6,13-14,22H,7-12H2,1-4H3. The van der Waals surface area contributed by atoms with Gasteiger partial charge in [0.05, 0.1) is 11.7 Å². The van der Waals surface area contributed by atoms with Crippen molar-refractivity contribution < 1.29 is 14.3 Å². The fourth-order valence-electron chi connectivity index (χ4n) is 3.60. The van der Waals surface area contributed by atoms with Crippen LogP contribution in [0.25, 0.3) is 0 Å². The van der Waals surface area contributed by atoms with E-state index in [1.54, 1.807) is 11.3 Å². The highest BCUT2D eigenvalue weighted by atomic mass is 32.1. The van der Waals surface area contributed by atoms with Crippen LogP contribution in [0.1, 0.15) is 50.8 Å². The second-order valence-electron chi connectivity index (χ2n) is 7.54. The third-order valence-corrected chi connectivity index (χ3v) is 6.05. The summed E-state index contributed by atoms with van der Waals surface area (Å²) in [5, 5.41) is 2.11. The third-order valence-electron chi connectivity index (χ3n) is 5.11. The largest absolute Gasteiger partial charge is 0.459 e. The van der Waals surface area contributed by atoms with Gasteiger partial charge in [0.2, 0.25) is 0 Å². The van der Waals surface area contributed by atoms with Crippen molar-refractivity contribution in [1.82, 2.24) is 14.8 Å². The molecule has 28 heavy (non-hydrogen) atoms. The van der Waals surface area contributed by atoms with E-state index in [9.17, 15) is 9.59 Å². The Morgan fingerprint density at radius 2 is 1.93 bits per heavy atom. The Morgan fingerprint density at radius 1 is 1.21 bits per heavy atom. The highest BCUT2D eigenvalue weighted by molar-refractivity contribution is 7.09. The average Bonchev–Trinajstić information content (AvgIpc) is 3.27. The topological polar surface area (TPSA) is 65.6 Å². The smallest absolute Gasteiger partial charge is 0.340 e. The molecule has 7 heteroatoms. The number of nitrogens with one attached hydrogen (secondary N) is 1. The van der Waals surface area contributed by atoms with Gasteiger partial charge >= 0.3 is 5.97 Å². The molecular formula is C21H29N3O3S. The van der Waals surface area contributed by atoms with Crippen LogP contribution in [-0.2, 0) is 11.2 Å². The first kappa shape index (κ1) is 20.6. The van der Waals surface area contributed by atoms with E-state index in [0.29, 0.717) is 35.6 Å². The fourth-order valence-corrected chi connectivity index (χ4v) is 4.30. The van der Waals surface area contributed by atoms with E-state index in [4.69, 9.17) is 4.74 Å². The lowest BCUT2D eigenvalue weighted by atomic mass is 10.1. The van der Waals surface area contributed by atoms with Gasteiger partial charge in [-0.1, -0.05) is 6.07 Å². The fraction of sp³-hybridized carbons (Fsp3) is 0.524. The molecule has 0 atom stereocenters. The molecular weight excluding hydrogens is 374 g/mol. The Kier molecular flexibility index (Phi) is 6.57. The Balaban J connectivity index is 1.60. The molecule has 1 aliphatic heterocycles. The summed E-state index contributed by atoms with van der Waals surface area (Å²) in [5.74, 6) is -0.416. The predicted molar refractivity (Wildman–Crippen MR) is 111 cm³/mol. The normalized spacial score (nSPS) is 15.2. The number of esters is 1. The molecule has 2 aromatic rings. The number of carbonyl (C=O) groups excluding carboxylic acids is 2. The number of nitrogens with zero attached hydrogens (tertiary/aromatic N) is 2. The molecule has 1 N–H and O–H groups in total. The molecule has 3 rings (SSSR count). The summed E-state index contributed by atoms with van der Waals surface area (Å²) in [7, 11) is 0. The van der Waals surface area contributed by atoms with Crippen molar-refractivity contribution in [2.24, 2.45) is 0 Å². The summed E-state index contributed by atoms with van der Waals surface area (Å²) >= 11 is 1.79. The van der Waals surface area contributed by atoms with Crippen LogP contribution in [0.4, 0.5) is 0 Å². The molecule has 1 aliphatic rings. The van der Waals surface area contributed by atoms with E-state index in [0.717, 1.165) is 26.1 Å². The molecule has 2 aromatic heterocycles. The van der Waals surface area contributed by atoms with Crippen LogP contribution < -0.4 is 0 Å². The average molecular weight is 404 g/mol. The maximum atomic E-state index is 13.0. The second-order valence-corrected chi connectivity index (χ2v) is 8.57. The number of carbonyl (C=O) groups is 2. The molecule has 1 fully saturated rings. The van der Waals surface area contributed by atoms with Gasteiger partial charge in [0.15, 0.2) is 0 Å². The molecule has 0 aliphatic carbocycles. The minimum Gasteiger partial charge on any atom is -0.459 e. The zero-order valence-corrected chi connectivity index (χ0v) is 17.9. The SMILES string of the molecule is Cc1[nH]c(C(=O)N2CCN(CCc3cccs3)CC2)c(C)c1C(=O)OC(C)C. The first-order valence-corrected chi connectivity index (χ1v) is 10.7. The van der Waals surface area contributed by atoms with Crippen LogP contribution in [0.2, 0.25) is 0 Å². The molecule has 0 unspecified atom stereocenters. The van der Waals surface area contributed by atoms with Crippen LogP contribution in [0.15, 0.2) is 17.5 Å². The van der Waals surface area contributed by atoms with Crippen LogP contribution in [0.3, 0.4) is 0 Å². The molecule has 0 spiro atoms. The van der Waals surface area contributed by atoms with E-state index in [1.807, 2.05) is 32.6 Å². The van der Waals surface area contributed by atoms with Gasteiger partial charge < -0.3 is 14.6 Å². The van der Waals surface area contributed by atoms with E-state index >= 15 is 0 Å². The van der Waals surface area contributed by atoms with Crippen molar-refractivity contribution in [3.63, 3.8) is 0 Å². The number of H-pyrrole nitrogens is 1. The van der Waals surface area contributed by atoms with Gasteiger partial charge in [-0.3, -0.25) is 9.69 Å². The van der Waals surface area contributed by atoms with Crippen LogP contribution >= 0.6 is 11.3 Å². The maximum absolute atomic E-state index is 13.0. The maximum Gasteiger partial charge on any atom is 0.340 e. The molecule has 152 valence electrons. The summed E-state index contributed by atoms with van der Waals surface area (Å²) in [6.07, 6.45) is 0.865. The number of ether oxygens (including phenoxy) is 1. The van der Waals surface area contributed by atoms with Crippen molar-refractivity contribution in [2.75, 3.05) is 32.7 Å². The van der Waals surface area contributed by atoms with Gasteiger partial charge in [0, 0.05) is 43.3 Å². The van der Waals surface area contributed by atoms with Gasteiger partial charge in [-0.05, 0) is 51.1 Å². The van der Waals surface area contributed by atoms with Crippen LogP contribution in [-0.4, -0.2) is 65.5 Å². The van der Waals surface area contributed by atoms with Gasteiger partial charge in [-0.2, -0.15) is 0 Å². The molecule has 0 radical (unpaired) electrons. The number of aromatic amines is 1. The summed E-state index contributed by atoms with van der Waals surface area (Å²) in [5.41, 5.74) is 2.33. The number of piperazine rings is 1. The quantitative estimate of drug-likeness (QED) is 0.752. The second kappa shape index (κ2) is 8.92. The molecule has 1 saturated heterocycles. The van der Waals surface area contributed by atoms with Crippen molar-refractivity contribution in [3.8, 4) is 0 Å². The number of hydrogen-bond donors (Lipinski definition) is 1. The summed E-state index contributed by atoms with van der Waals surface area (Å²) < 4.78 is 5.32. The minimum atomic E-state index is -0.376. The summed E-state index contributed by atoms with van der Waals surface area (Å²) in [4.78, 5) is 34.1. The number of rotatable bonds is 6. The van der Waals surface area contributed by atoms with Crippen molar-refractivity contribution in [1.29, 1.82) is 0 Å². The Bertz CT molecular complexity index is 818. The summed E-state index contributed by atoms with van der Waals surface area (Å²) in [6, 6.07) is 4.26. The lowest BCUT2D eigenvalue weighted by Gasteiger charge is -2.34. The summed E-state index contributed by atoms with van der Waals surface area (Å²) in [6.45, 7) is 11.4. The van der Waals surface area contributed by atoms with Gasteiger partial charge in [0.1, 0.15) is 5.69 Å². The molecule has 6 nitrogen and oxygen atoms in total. The zero-order chi connectivity index (χ0) is 20.3. The first-order valence-electron chi connectivity index (χ1n) is 9.81. The molecule has 0 saturated carbocycles. The van der Waals surface area contributed by atoms with Gasteiger partial charge in [-0.25, -0.2) is 4.79 Å². The third kappa shape index (κ3) is 4.64. The number of aryl methyl sites for hydroxylation is 1. The van der Waals surface area contributed by atoms with E-state index in [-0.39, 0.29) is 18.0 Å². The Morgan fingerprint density at radius 3 is 2.54 bits per heavy atom. The molecule has 1 amide bonds. The van der Waals surface area contributed by atoms with Crippen molar-refractivity contribution in [2.45, 2.75) is 40.2 Å². The van der Waals surface area contributed by atoms with Gasteiger partial charge in [-0.15, -0.1) is 11.3 Å². The Labute approximate surface area is 170 Å². The van der Waals surface area contributed by atoms with Crippen LogP contribution in [0.5, 0.6) is 0 Å². The monoisotopic (exact) mass is 403 g/mol. The lowest BCUT2D eigenvalue weighted by Crippen LogP contribution is -2.49. The van der Waals surface area contributed by atoms with Gasteiger partial charge in [0.25, 0.3) is 5.91 Å². The van der Waals surface area contributed by atoms with Crippen LogP contribution in [0, 0.1) is 13.8 Å². The molecule has 0 aromatic carbocycles. The van der Waals surface area contributed by atoms with E-state index in [1.165, 1.54) is 4.88 Å². The van der Waals surface area contributed by atoms with Crippen molar-refractivity contribution >= 4 is 23.2 Å². The number of amides is 1. The molecule has 3 heterocycles. The lowest BCUT2D eigenvalue weighted by molar-refractivity contribution is 0.0376. The van der Waals surface area contributed by atoms with Crippen molar-refractivity contribution in [3.05, 3.63) is 44.9 Å².